The number of carbonyl (C=O) groups is 2. The second-order valence-corrected chi connectivity index (χ2v) is 2.77. The van der Waals surface area contributed by atoms with Crippen LogP contribution in [0.5, 0.6) is 0 Å². The van der Waals surface area contributed by atoms with E-state index in [1.165, 1.54) is 0 Å². The molecule has 0 saturated carbocycles. The molecule has 74 valence electrons. The van der Waals surface area contributed by atoms with Crippen LogP contribution in [0, 0.1) is 0 Å². The van der Waals surface area contributed by atoms with Crippen LogP contribution in [0.1, 0.15) is 34.7 Å². The third kappa shape index (κ3) is 1.68. The molecule has 0 unspecified atom stereocenters. The number of nitrogens with one attached hydrogen (secondary N) is 2. The molecule has 6 heteroatoms. The van der Waals surface area contributed by atoms with Crippen molar-refractivity contribution in [3.05, 3.63) is 32.1 Å². The van der Waals surface area contributed by atoms with Gasteiger partial charge in [-0.1, -0.05) is 0 Å². The highest BCUT2D eigenvalue weighted by molar-refractivity contribution is 6.05. The summed E-state index contributed by atoms with van der Waals surface area (Å²) < 4.78 is 0. The quantitative estimate of drug-likeness (QED) is 0.621. The predicted octanol–water partition coefficient (Wildman–Crippen LogP) is -0.532. The molecule has 0 aromatic carbocycles. The fraction of sp³-hybridized carbons (Fsp3) is 0.250. The summed E-state index contributed by atoms with van der Waals surface area (Å²) in [6.07, 6.45) is 0. The normalized spacial score (nSPS) is 9.86. The van der Waals surface area contributed by atoms with E-state index in [1.54, 1.807) is 0 Å². The van der Waals surface area contributed by atoms with Gasteiger partial charge in [0.1, 0.15) is 11.3 Å². The topological polar surface area (TPSA) is 99.9 Å². The number of rotatable bonds is 2. The maximum absolute atomic E-state index is 11.2. The van der Waals surface area contributed by atoms with Gasteiger partial charge in [0.15, 0.2) is 11.6 Å². The van der Waals surface area contributed by atoms with E-state index in [1.807, 2.05) is 4.98 Å². The van der Waals surface area contributed by atoms with E-state index in [0.717, 1.165) is 13.8 Å². The minimum Gasteiger partial charge on any atom is -0.304 e. The number of hydrogen-bond acceptors (Lipinski definition) is 4. The van der Waals surface area contributed by atoms with Crippen molar-refractivity contribution in [1.29, 1.82) is 0 Å². The molecular weight excluding hydrogens is 188 g/mol. The Morgan fingerprint density at radius 3 is 2.00 bits per heavy atom. The summed E-state index contributed by atoms with van der Waals surface area (Å²) in [5, 5.41) is 0. The average molecular weight is 196 g/mol. The number of H-pyrrole nitrogens is 2. The Kier molecular flexibility index (Phi) is 2.46. The first-order chi connectivity index (χ1) is 6.43. The maximum Gasteiger partial charge on any atom is 0.326 e. The predicted molar refractivity (Wildman–Crippen MR) is 47.7 cm³/mol. The fourth-order valence-electron chi connectivity index (χ4n) is 1.09. The molecule has 0 radical (unpaired) electrons. The first-order valence-electron chi connectivity index (χ1n) is 3.82. The van der Waals surface area contributed by atoms with E-state index in [2.05, 4.69) is 4.98 Å². The molecule has 2 N–H and O–H groups in total. The zero-order valence-electron chi connectivity index (χ0n) is 7.63. The van der Waals surface area contributed by atoms with E-state index in [0.29, 0.717) is 0 Å². The number of hydrogen-bond donors (Lipinski definition) is 2. The zero-order valence-corrected chi connectivity index (χ0v) is 7.63. The number of Topliss-reactive ketones (excluding diaryl/α,β-unsaturated/α-hetero) is 2. The molecule has 1 aromatic heterocycles. The van der Waals surface area contributed by atoms with Crippen LogP contribution in [-0.4, -0.2) is 21.5 Å². The summed E-state index contributed by atoms with van der Waals surface area (Å²) in [6.45, 7) is 2.31. The summed E-state index contributed by atoms with van der Waals surface area (Å²) in [6, 6.07) is 0. The molecule has 1 aromatic rings. The van der Waals surface area contributed by atoms with Gasteiger partial charge in [-0.15, -0.1) is 0 Å². The van der Waals surface area contributed by atoms with E-state index in [9.17, 15) is 19.2 Å². The Labute approximate surface area is 78.0 Å². The molecule has 0 aliphatic rings. The van der Waals surface area contributed by atoms with Gasteiger partial charge in [-0.25, -0.2) is 4.79 Å². The molecule has 0 aliphatic carbocycles. The highest BCUT2D eigenvalue weighted by atomic mass is 16.2. The zero-order chi connectivity index (χ0) is 10.9. The van der Waals surface area contributed by atoms with Crippen molar-refractivity contribution in [2.45, 2.75) is 13.8 Å². The van der Waals surface area contributed by atoms with Crippen LogP contribution in [0.2, 0.25) is 0 Å². The van der Waals surface area contributed by atoms with E-state index < -0.39 is 22.8 Å². The summed E-state index contributed by atoms with van der Waals surface area (Å²) in [5.41, 5.74) is -2.19. The van der Waals surface area contributed by atoms with Gasteiger partial charge in [0.25, 0.3) is 5.56 Å². The molecule has 0 amide bonds. The highest BCUT2D eigenvalue weighted by Gasteiger charge is 2.16. The average Bonchev–Trinajstić information content (AvgIpc) is 2.01. The lowest BCUT2D eigenvalue weighted by Crippen LogP contribution is -2.31. The second kappa shape index (κ2) is 3.41. The monoisotopic (exact) mass is 196 g/mol. The molecule has 0 atom stereocenters. The van der Waals surface area contributed by atoms with Crippen molar-refractivity contribution in [3.63, 3.8) is 0 Å². The van der Waals surface area contributed by atoms with Crippen molar-refractivity contribution >= 4 is 11.6 Å². The smallest absolute Gasteiger partial charge is 0.304 e. The third-order valence-electron chi connectivity index (χ3n) is 1.65. The lowest BCUT2D eigenvalue weighted by molar-refractivity contribution is 0.0975. The minimum absolute atomic E-state index is 0.244. The standard InChI is InChI=1S/C8H8N2O4/c1-3(11)5-6(4(2)12)9-8(14)10-7(5)13/h1-2H3,(H2,9,10,13,14). The van der Waals surface area contributed by atoms with Crippen molar-refractivity contribution in [3.8, 4) is 0 Å². The van der Waals surface area contributed by atoms with Gasteiger partial charge in [0.2, 0.25) is 0 Å². The molecule has 0 bridgehead atoms. The van der Waals surface area contributed by atoms with Crippen LogP contribution >= 0.6 is 0 Å². The van der Waals surface area contributed by atoms with Gasteiger partial charge in [-0.05, 0) is 6.92 Å². The van der Waals surface area contributed by atoms with Crippen LogP contribution < -0.4 is 11.2 Å². The van der Waals surface area contributed by atoms with Gasteiger partial charge in [0, 0.05) is 6.92 Å². The first-order valence-corrected chi connectivity index (χ1v) is 3.82. The fourth-order valence-corrected chi connectivity index (χ4v) is 1.09. The Balaban J connectivity index is 3.70. The molecular formula is C8H8N2O4. The van der Waals surface area contributed by atoms with Gasteiger partial charge in [0.05, 0.1) is 0 Å². The summed E-state index contributed by atoms with van der Waals surface area (Å²) in [5.74, 6) is -1.09. The van der Waals surface area contributed by atoms with Crippen LogP contribution in [0.15, 0.2) is 9.59 Å². The highest BCUT2D eigenvalue weighted by Crippen LogP contribution is 1.99. The van der Waals surface area contributed by atoms with Crippen LogP contribution in [-0.2, 0) is 0 Å². The van der Waals surface area contributed by atoms with Crippen LogP contribution in [0.3, 0.4) is 0 Å². The van der Waals surface area contributed by atoms with Gasteiger partial charge in [-0.2, -0.15) is 0 Å². The van der Waals surface area contributed by atoms with Crippen molar-refractivity contribution in [2.75, 3.05) is 0 Å². The van der Waals surface area contributed by atoms with Crippen LogP contribution in [0.25, 0.3) is 0 Å². The van der Waals surface area contributed by atoms with E-state index in [-0.39, 0.29) is 11.3 Å². The minimum atomic E-state index is -0.841. The van der Waals surface area contributed by atoms with E-state index in [4.69, 9.17) is 0 Å². The third-order valence-corrected chi connectivity index (χ3v) is 1.65. The maximum atomic E-state index is 11.2. The Hall–Kier alpha value is -1.98. The van der Waals surface area contributed by atoms with Crippen molar-refractivity contribution in [1.82, 2.24) is 9.97 Å². The summed E-state index contributed by atoms with van der Waals surface area (Å²) in [7, 11) is 0. The number of ketones is 2. The SMILES string of the molecule is CC(=O)c1[nH]c(=O)[nH]c(=O)c1C(C)=O. The Bertz CT molecular complexity index is 509. The van der Waals surface area contributed by atoms with Gasteiger partial charge < -0.3 is 4.98 Å². The molecule has 1 heterocycles. The molecule has 0 spiro atoms. The van der Waals surface area contributed by atoms with Crippen molar-refractivity contribution in [2.24, 2.45) is 0 Å². The van der Waals surface area contributed by atoms with Crippen molar-refractivity contribution < 1.29 is 9.59 Å². The molecule has 6 nitrogen and oxygen atoms in total. The largest absolute Gasteiger partial charge is 0.326 e. The molecule has 14 heavy (non-hydrogen) atoms. The number of carbonyl (C=O) groups excluding carboxylic acids is 2. The summed E-state index contributed by atoms with van der Waals surface area (Å²) in [4.78, 5) is 48.0. The number of aromatic amines is 2. The number of aromatic nitrogens is 2. The second-order valence-electron chi connectivity index (χ2n) is 2.77. The van der Waals surface area contributed by atoms with Crippen LogP contribution in [0.4, 0.5) is 0 Å². The molecule has 0 fully saturated rings. The lowest BCUT2D eigenvalue weighted by atomic mass is 10.1. The molecule has 1 rings (SSSR count). The first kappa shape index (κ1) is 10.1. The van der Waals surface area contributed by atoms with E-state index >= 15 is 0 Å². The Morgan fingerprint density at radius 1 is 1.00 bits per heavy atom. The Morgan fingerprint density at radius 2 is 1.57 bits per heavy atom. The molecule has 0 saturated heterocycles. The van der Waals surface area contributed by atoms with Gasteiger partial charge >= 0.3 is 5.69 Å². The van der Waals surface area contributed by atoms with Gasteiger partial charge in [-0.3, -0.25) is 19.4 Å². The lowest BCUT2D eigenvalue weighted by Gasteiger charge is -2.00. The molecule has 0 aliphatic heterocycles. The summed E-state index contributed by atoms with van der Waals surface area (Å²) >= 11 is 0.